The van der Waals surface area contributed by atoms with Crippen molar-refractivity contribution in [2.24, 2.45) is 0 Å². The van der Waals surface area contributed by atoms with Crippen LogP contribution in [0.4, 0.5) is 0 Å². The topological polar surface area (TPSA) is 46.1 Å². The third-order valence-corrected chi connectivity index (χ3v) is 4.57. The third kappa shape index (κ3) is 3.40. The lowest BCUT2D eigenvalue weighted by Gasteiger charge is -2.26. The van der Waals surface area contributed by atoms with Gasteiger partial charge >= 0.3 is 0 Å². The summed E-state index contributed by atoms with van der Waals surface area (Å²) in [6, 6.07) is 20.1. The van der Waals surface area contributed by atoms with Crippen LogP contribution in [0.5, 0.6) is 0 Å². The number of nitrogens with zero attached hydrogens (tertiary/aromatic N) is 3. The van der Waals surface area contributed by atoms with Crippen LogP contribution < -0.4 is 0 Å². The van der Waals surface area contributed by atoms with Gasteiger partial charge in [-0.25, -0.2) is 9.97 Å². The number of amides is 1. The largest absolute Gasteiger partial charge is 0.334 e. The summed E-state index contributed by atoms with van der Waals surface area (Å²) in [6.07, 6.45) is 6.23. The maximum Gasteiger partial charge on any atom is 0.257 e. The molecule has 128 valence electrons. The van der Waals surface area contributed by atoms with Gasteiger partial charge in [0, 0.05) is 31.0 Å². The van der Waals surface area contributed by atoms with E-state index < -0.39 is 0 Å². The smallest absolute Gasteiger partial charge is 0.257 e. The molecule has 26 heavy (non-hydrogen) atoms. The molecule has 0 bridgehead atoms. The van der Waals surface area contributed by atoms with Crippen molar-refractivity contribution in [3.8, 4) is 11.4 Å². The number of aromatic nitrogens is 2. The van der Waals surface area contributed by atoms with E-state index in [1.807, 2.05) is 53.4 Å². The van der Waals surface area contributed by atoms with Gasteiger partial charge in [0.2, 0.25) is 0 Å². The van der Waals surface area contributed by atoms with Crippen molar-refractivity contribution in [1.29, 1.82) is 0 Å². The van der Waals surface area contributed by atoms with Gasteiger partial charge in [-0.3, -0.25) is 4.79 Å². The number of carbonyl (C=O) groups is 1. The fourth-order valence-electron chi connectivity index (χ4n) is 3.13. The molecule has 3 aromatic rings. The van der Waals surface area contributed by atoms with E-state index in [-0.39, 0.29) is 5.91 Å². The summed E-state index contributed by atoms with van der Waals surface area (Å²) in [5.74, 6) is 0.611. The summed E-state index contributed by atoms with van der Waals surface area (Å²) in [6.45, 7) is 1.32. The molecule has 0 atom stereocenters. The zero-order valence-electron chi connectivity index (χ0n) is 14.4. The molecule has 1 aromatic heterocycles. The molecule has 1 aliphatic rings. The molecule has 0 fully saturated rings. The lowest BCUT2D eigenvalue weighted by atomic mass is 9.99. The normalized spacial score (nSPS) is 14.0. The third-order valence-electron chi connectivity index (χ3n) is 4.57. The Bertz CT molecular complexity index is 919. The Labute approximate surface area is 152 Å². The lowest BCUT2D eigenvalue weighted by Crippen LogP contribution is -2.34. The van der Waals surface area contributed by atoms with Crippen LogP contribution in [0.3, 0.4) is 0 Å². The molecule has 0 saturated carbocycles. The van der Waals surface area contributed by atoms with Crippen molar-refractivity contribution < 1.29 is 4.79 Å². The van der Waals surface area contributed by atoms with Crippen LogP contribution in [0.15, 0.2) is 79.1 Å². The van der Waals surface area contributed by atoms with Gasteiger partial charge < -0.3 is 4.90 Å². The molecule has 2 heterocycles. The van der Waals surface area contributed by atoms with Gasteiger partial charge in [0.25, 0.3) is 5.91 Å². The Morgan fingerprint density at radius 3 is 2.04 bits per heavy atom. The zero-order chi connectivity index (χ0) is 17.8. The first kappa shape index (κ1) is 16.2. The predicted molar refractivity (Wildman–Crippen MR) is 102 cm³/mol. The van der Waals surface area contributed by atoms with E-state index in [0.717, 1.165) is 12.0 Å². The quantitative estimate of drug-likeness (QED) is 0.721. The molecule has 0 aliphatic carbocycles. The van der Waals surface area contributed by atoms with Crippen LogP contribution in [-0.2, 0) is 0 Å². The van der Waals surface area contributed by atoms with E-state index in [4.69, 9.17) is 0 Å². The molecule has 0 radical (unpaired) electrons. The van der Waals surface area contributed by atoms with E-state index in [0.29, 0.717) is 24.5 Å². The van der Waals surface area contributed by atoms with Gasteiger partial charge in [-0.15, -0.1) is 0 Å². The monoisotopic (exact) mass is 341 g/mol. The first-order valence-electron chi connectivity index (χ1n) is 8.72. The first-order valence-corrected chi connectivity index (χ1v) is 8.72. The van der Waals surface area contributed by atoms with Crippen LogP contribution in [0.2, 0.25) is 0 Å². The molecule has 0 saturated heterocycles. The van der Waals surface area contributed by atoms with Crippen LogP contribution in [0.25, 0.3) is 17.0 Å². The van der Waals surface area contributed by atoms with Gasteiger partial charge in [-0.1, -0.05) is 66.7 Å². The zero-order valence-corrected chi connectivity index (χ0v) is 14.4. The molecule has 0 unspecified atom stereocenters. The first-order chi connectivity index (χ1) is 12.8. The van der Waals surface area contributed by atoms with Crippen LogP contribution in [-0.4, -0.2) is 33.9 Å². The second-order valence-electron chi connectivity index (χ2n) is 6.26. The molecular weight excluding hydrogens is 322 g/mol. The molecule has 4 heteroatoms. The molecule has 0 N–H and O–H groups in total. The second kappa shape index (κ2) is 7.31. The van der Waals surface area contributed by atoms with Crippen molar-refractivity contribution in [2.45, 2.75) is 6.42 Å². The van der Waals surface area contributed by atoms with Crippen molar-refractivity contribution in [3.05, 3.63) is 90.3 Å². The van der Waals surface area contributed by atoms with E-state index in [9.17, 15) is 4.79 Å². The minimum absolute atomic E-state index is 0.0204. The standard InChI is InChI=1S/C22H19N3O/c26-22(20-15-23-21(24-16-20)19-9-5-2-6-10-19)25-13-11-18(12-14-25)17-7-3-1-4-8-17/h1-11,15-16H,12-14H2. The minimum atomic E-state index is -0.0204. The van der Waals surface area contributed by atoms with Crippen molar-refractivity contribution in [1.82, 2.24) is 14.9 Å². The Balaban J connectivity index is 1.46. The van der Waals surface area contributed by atoms with Crippen molar-refractivity contribution in [2.75, 3.05) is 13.1 Å². The van der Waals surface area contributed by atoms with Gasteiger partial charge in [-0.2, -0.15) is 0 Å². The van der Waals surface area contributed by atoms with Crippen molar-refractivity contribution in [3.63, 3.8) is 0 Å². The van der Waals surface area contributed by atoms with Gasteiger partial charge in [0.05, 0.1) is 5.56 Å². The number of carbonyl (C=O) groups excluding carboxylic acids is 1. The summed E-state index contributed by atoms with van der Waals surface area (Å²) < 4.78 is 0. The molecule has 1 amide bonds. The van der Waals surface area contributed by atoms with Crippen LogP contribution >= 0.6 is 0 Å². The van der Waals surface area contributed by atoms with E-state index in [2.05, 4.69) is 28.2 Å². The number of hydrogen-bond donors (Lipinski definition) is 0. The molecule has 2 aromatic carbocycles. The predicted octanol–water partition coefficient (Wildman–Crippen LogP) is 4.07. The minimum Gasteiger partial charge on any atom is -0.334 e. The molecule has 0 spiro atoms. The Morgan fingerprint density at radius 2 is 1.46 bits per heavy atom. The maximum atomic E-state index is 12.7. The van der Waals surface area contributed by atoms with Gasteiger partial charge in [0.15, 0.2) is 5.82 Å². The SMILES string of the molecule is O=C(c1cnc(-c2ccccc2)nc1)N1CC=C(c2ccccc2)CC1. The highest BCUT2D eigenvalue weighted by atomic mass is 16.2. The fourth-order valence-corrected chi connectivity index (χ4v) is 3.13. The summed E-state index contributed by atoms with van der Waals surface area (Å²) >= 11 is 0. The second-order valence-corrected chi connectivity index (χ2v) is 6.26. The summed E-state index contributed by atoms with van der Waals surface area (Å²) in [4.78, 5) is 23.3. The van der Waals surface area contributed by atoms with Crippen LogP contribution in [0.1, 0.15) is 22.3 Å². The van der Waals surface area contributed by atoms with Gasteiger partial charge in [0.1, 0.15) is 0 Å². The highest BCUT2D eigenvalue weighted by Gasteiger charge is 2.20. The fraction of sp³-hybridized carbons (Fsp3) is 0.136. The lowest BCUT2D eigenvalue weighted by molar-refractivity contribution is 0.0772. The highest BCUT2D eigenvalue weighted by Crippen LogP contribution is 2.23. The number of hydrogen-bond acceptors (Lipinski definition) is 3. The number of rotatable bonds is 3. The van der Waals surface area contributed by atoms with Gasteiger partial charge in [-0.05, 0) is 17.6 Å². The Hall–Kier alpha value is -3.27. The highest BCUT2D eigenvalue weighted by molar-refractivity contribution is 5.94. The number of benzene rings is 2. The Morgan fingerprint density at radius 1 is 0.846 bits per heavy atom. The summed E-state index contributed by atoms with van der Waals surface area (Å²) in [5, 5.41) is 0. The van der Waals surface area contributed by atoms with E-state index in [1.54, 1.807) is 12.4 Å². The van der Waals surface area contributed by atoms with E-state index >= 15 is 0 Å². The van der Waals surface area contributed by atoms with Crippen molar-refractivity contribution >= 4 is 11.5 Å². The molecule has 4 rings (SSSR count). The average Bonchev–Trinajstić information content (AvgIpc) is 2.75. The van der Waals surface area contributed by atoms with Crippen LogP contribution in [0, 0.1) is 0 Å². The maximum absolute atomic E-state index is 12.7. The molecular formula is C22H19N3O. The summed E-state index contributed by atoms with van der Waals surface area (Å²) in [7, 11) is 0. The average molecular weight is 341 g/mol. The van der Waals surface area contributed by atoms with E-state index in [1.165, 1.54) is 11.1 Å². The molecule has 1 aliphatic heterocycles. The summed E-state index contributed by atoms with van der Waals surface area (Å²) in [5.41, 5.74) is 4.00. The Kier molecular flexibility index (Phi) is 4.56. The molecule has 4 nitrogen and oxygen atoms in total.